The topological polar surface area (TPSA) is 101 Å². The van der Waals surface area contributed by atoms with Gasteiger partial charge in [-0.2, -0.15) is 0 Å². The first-order valence-corrected chi connectivity index (χ1v) is 5.79. The van der Waals surface area contributed by atoms with Gasteiger partial charge in [-0.3, -0.25) is 14.4 Å². The van der Waals surface area contributed by atoms with Gasteiger partial charge in [0.25, 0.3) is 0 Å². The van der Waals surface area contributed by atoms with Crippen molar-refractivity contribution in [2.45, 2.75) is 0 Å². The fraction of sp³-hybridized carbons (Fsp3) is 0.154. The van der Waals surface area contributed by atoms with Crippen LogP contribution in [0.1, 0.15) is 10.4 Å². The van der Waals surface area contributed by atoms with Crippen molar-refractivity contribution in [2.75, 3.05) is 6.61 Å². The third-order valence-electron chi connectivity index (χ3n) is 2.32. The van der Waals surface area contributed by atoms with Crippen LogP contribution in [0.15, 0.2) is 30.9 Å². The molecule has 0 atom stereocenters. The van der Waals surface area contributed by atoms with Crippen LogP contribution in [0.5, 0.6) is 5.75 Å². The Kier molecular flexibility index (Phi) is 5.28. The van der Waals surface area contributed by atoms with E-state index in [-0.39, 0.29) is 22.9 Å². The molecule has 0 heterocycles. The first kappa shape index (κ1) is 15.7. The maximum absolute atomic E-state index is 12.0. The largest absolute Gasteiger partial charge is 0.489 e. The summed E-state index contributed by atoms with van der Waals surface area (Å²) in [7, 11) is 0. The smallest absolute Gasteiger partial charge is 0.325 e. The van der Waals surface area contributed by atoms with Crippen LogP contribution >= 0.6 is 11.6 Å². The molecule has 6 nitrogen and oxygen atoms in total. The number of hydrogen-bond acceptors (Lipinski definition) is 4. The Morgan fingerprint density at radius 2 is 1.90 bits per heavy atom. The molecule has 7 heteroatoms. The molecule has 0 amide bonds. The Morgan fingerprint density at radius 1 is 1.30 bits per heavy atom. The van der Waals surface area contributed by atoms with E-state index in [1.165, 1.54) is 24.3 Å². The Bertz CT molecular complexity index is 552. The molecule has 0 aliphatic carbocycles. The number of ether oxygens (including phenoxy) is 1. The van der Waals surface area contributed by atoms with E-state index in [0.29, 0.717) is 0 Å². The maximum atomic E-state index is 12.0. The van der Waals surface area contributed by atoms with E-state index < -0.39 is 23.6 Å². The normalized spacial score (nSPS) is 10.1. The van der Waals surface area contributed by atoms with Crippen molar-refractivity contribution < 1.29 is 29.3 Å². The van der Waals surface area contributed by atoms with Crippen molar-refractivity contribution in [2.24, 2.45) is 5.92 Å². The van der Waals surface area contributed by atoms with E-state index in [1.54, 1.807) is 0 Å². The Hall–Kier alpha value is -2.34. The number of rotatable bonds is 7. The van der Waals surface area contributed by atoms with Gasteiger partial charge in [-0.25, -0.2) is 0 Å². The quantitative estimate of drug-likeness (QED) is 0.453. The molecule has 1 aromatic rings. The van der Waals surface area contributed by atoms with Gasteiger partial charge >= 0.3 is 11.9 Å². The van der Waals surface area contributed by atoms with Gasteiger partial charge in [-0.15, -0.1) is 0 Å². The third kappa shape index (κ3) is 3.58. The summed E-state index contributed by atoms with van der Waals surface area (Å²) < 4.78 is 5.19. The molecule has 0 aromatic heterocycles. The lowest BCUT2D eigenvalue weighted by Crippen LogP contribution is -2.31. The zero-order valence-corrected chi connectivity index (χ0v) is 11.0. The highest BCUT2D eigenvalue weighted by molar-refractivity contribution is 6.31. The SMILES string of the molecule is C=CCOc1cc(Cl)ccc1C(=O)C(C(=O)O)C(=O)O. The maximum Gasteiger partial charge on any atom is 0.325 e. The fourth-order valence-electron chi connectivity index (χ4n) is 1.45. The number of halogens is 1. The number of Topliss-reactive ketones (excluding diaryl/α,β-unsaturated/α-hetero) is 1. The number of carboxylic acid groups (broad SMARTS) is 2. The van der Waals surface area contributed by atoms with Gasteiger partial charge in [0.1, 0.15) is 12.4 Å². The van der Waals surface area contributed by atoms with Crippen LogP contribution in [0.2, 0.25) is 5.02 Å². The van der Waals surface area contributed by atoms with Crippen LogP contribution in [-0.2, 0) is 9.59 Å². The molecular formula is C13H11ClO6. The van der Waals surface area contributed by atoms with E-state index in [1.807, 2.05) is 0 Å². The van der Waals surface area contributed by atoms with Crippen molar-refractivity contribution in [1.82, 2.24) is 0 Å². The summed E-state index contributed by atoms with van der Waals surface area (Å²) in [5.41, 5.74) is -0.161. The van der Waals surface area contributed by atoms with Crippen LogP contribution in [0.4, 0.5) is 0 Å². The van der Waals surface area contributed by atoms with E-state index in [0.717, 1.165) is 0 Å². The minimum absolute atomic E-state index is 0.00917. The Labute approximate surface area is 119 Å². The van der Waals surface area contributed by atoms with Gasteiger partial charge in [0.15, 0.2) is 5.78 Å². The summed E-state index contributed by atoms with van der Waals surface area (Å²) in [5, 5.41) is 17.9. The zero-order valence-electron chi connectivity index (χ0n) is 10.2. The molecule has 0 aliphatic heterocycles. The minimum Gasteiger partial charge on any atom is -0.489 e. The van der Waals surface area contributed by atoms with Crippen LogP contribution in [0, 0.1) is 5.92 Å². The highest BCUT2D eigenvalue weighted by Crippen LogP contribution is 2.26. The minimum atomic E-state index is -2.19. The molecule has 2 N–H and O–H groups in total. The van der Waals surface area contributed by atoms with E-state index >= 15 is 0 Å². The first-order chi connectivity index (χ1) is 9.38. The van der Waals surface area contributed by atoms with E-state index in [4.69, 9.17) is 26.6 Å². The molecule has 0 saturated heterocycles. The second kappa shape index (κ2) is 6.72. The molecule has 0 spiro atoms. The summed E-state index contributed by atoms with van der Waals surface area (Å²) in [6.07, 6.45) is 1.42. The van der Waals surface area contributed by atoms with Crippen molar-refractivity contribution in [3.05, 3.63) is 41.4 Å². The first-order valence-electron chi connectivity index (χ1n) is 5.41. The summed E-state index contributed by atoms with van der Waals surface area (Å²) >= 11 is 5.76. The number of benzene rings is 1. The number of hydrogen-bond donors (Lipinski definition) is 2. The lowest BCUT2D eigenvalue weighted by Gasteiger charge is -2.12. The Balaban J connectivity index is 3.23. The summed E-state index contributed by atoms with van der Waals surface area (Å²) in [6, 6.07) is 3.87. The van der Waals surface area contributed by atoms with E-state index in [9.17, 15) is 14.4 Å². The second-order valence-electron chi connectivity index (χ2n) is 3.71. The lowest BCUT2D eigenvalue weighted by molar-refractivity contribution is -0.151. The van der Waals surface area contributed by atoms with Gasteiger partial charge in [-0.1, -0.05) is 24.3 Å². The molecule has 106 valence electrons. The van der Waals surface area contributed by atoms with Crippen LogP contribution in [0.3, 0.4) is 0 Å². The number of carboxylic acids is 2. The number of carbonyl (C=O) groups excluding carboxylic acids is 1. The Morgan fingerprint density at radius 3 is 2.40 bits per heavy atom. The van der Waals surface area contributed by atoms with Gasteiger partial charge in [0.05, 0.1) is 5.56 Å². The highest BCUT2D eigenvalue weighted by Gasteiger charge is 2.36. The molecule has 1 aromatic carbocycles. The number of ketones is 1. The molecule has 0 aliphatic rings. The zero-order chi connectivity index (χ0) is 15.3. The van der Waals surface area contributed by atoms with Crippen LogP contribution in [-0.4, -0.2) is 34.5 Å². The predicted octanol–water partition coefficient (Wildman–Crippen LogP) is 1.87. The van der Waals surface area contributed by atoms with Crippen LogP contribution in [0.25, 0.3) is 0 Å². The molecule has 0 radical (unpaired) electrons. The monoisotopic (exact) mass is 298 g/mol. The fourth-order valence-corrected chi connectivity index (χ4v) is 1.62. The van der Waals surface area contributed by atoms with Crippen molar-refractivity contribution >= 4 is 29.3 Å². The lowest BCUT2D eigenvalue weighted by atomic mass is 9.97. The molecule has 0 unspecified atom stereocenters. The molecule has 1 rings (SSSR count). The van der Waals surface area contributed by atoms with Gasteiger partial charge in [0.2, 0.25) is 5.92 Å². The van der Waals surface area contributed by atoms with E-state index in [2.05, 4.69) is 6.58 Å². The van der Waals surface area contributed by atoms with Gasteiger partial charge in [0, 0.05) is 5.02 Å². The second-order valence-corrected chi connectivity index (χ2v) is 4.15. The van der Waals surface area contributed by atoms with Crippen molar-refractivity contribution in [3.8, 4) is 5.75 Å². The van der Waals surface area contributed by atoms with Crippen molar-refractivity contribution in [1.29, 1.82) is 0 Å². The average Bonchev–Trinajstić information content (AvgIpc) is 2.35. The highest BCUT2D eigenvalue weighted by atomic mass is 35.5. The van der Waals surface area contributed by atoms with Crippen molar-refractivity contribution in [3.63, 3.8) is 0 Å². The predicted molar refractivity (Wildman–Crippen MR) is 70.2 cm³/mol. The van der Waals surface area contributed by atoms with Gasteiger partial charge < -0.3 is 14.9 Å². The molecule has 0 fully saturated rings. The molecule has 0 saturated carbocycles. The molecule has 0 bridgehead atoms. The number of carbonyl (C=O) groups is 3. The number of aliphatic carboxylic acids is 2. The summed E-state index contributed by atoms with van der Waals surface area (Å²) in [6.45, 7) is 3.49. The van der Waals surface area contributed by atoms with Gasteiger partial charge in [-0.05, 0) is 18.2 Å². The van der Waals surface area contributed by atoms with Crippen LogP contribution < -0.4 is 4.74 Å². The summed E-state index contributed by atoms with van der Waals surface area (Å²) in [4.78, 5) is 33.7. The third-order valence-corrected chi connectivity index (χ3v) is 2.56. The molecular weight excluding hydrogens is 288 g/mol. The summed E-state index contributed by atoms with van der Waals surface area (Å²) in [5.74, 6) is -6.75. The molecule has 20 heavy (non-hydrogen) atoms. The standard InChI is InChI=1S/C13H11ClO6/c1-2-5-20-9-6-7(14)3-4-8(9)11(15)10(12(16)17)13(18)19/h2-4,6,10H,1,5H2,(H,16,17)(H,18,19). The average molecular weight is 299 g/mol.